The Bertz CT molecular complexity index is 405. The molecular formula is C13H15BrN2. The molecule has 84 valence electrons. The molecule has 0 heterocycles. The summed E-state index contributed by atoms with van der Waals surface area (Å²) in [4.78, 5) is 0. The van der Waals surface area contributed by atoms with Gasteiger partial charge in [-0.15, -0.1) is 0 Å². The number of anilines is 1. The van der Waals surface area contributed by atoms with Gasteiger partial charge in [0.25, 0.3) is 0 Å². The molecule has 3 heteroatoms. The highest BCUT2D eigenvalue weighted by Crippen LogP contribution is 2.29. The molecular weight excluding hydrogens is 264 g/mol. The zero-order valence-corrected chi connectivity index (χ0v) is 10.8. The SMILES string of the molecule is N#Cc1cc(Br)ccc1NCCC1CCC1. The Kier molecular flexibility index (Phi) is 3.84. The van der Waals surface area contributed by atoms with Gasteiger partial charge in [0.1, 0.15) is 6.07 Å². The fourth-order valence-corrected chi connectivity index (χ4v) is 2.32. The van der Waals surface area contributed by atoms with Gasteiger partial charge in [0.2, 0.25) is 0 Å². The number of nitrogens with one attached hydrogen (secondary N) is 1. The summed E-state index contributed by atoms with van der Waals surface area (Å²) in [5.74, 6) is 0.911. The molecule has 1 aliphatic carbocycles. The fraction of sp³-hybridized carbons (Fsp3) is 0.462. The van der Waals surface area contributed by atoms with Crippen molar-refractivity contribution in [1.82, 2.24) is 0 Å². The molecule has 0 atom stereocenters. The number of nitrogens with zero attached hydrogens (tertiary/aromatic N) is 1. The highest BCUT2D eigenvalue weighted by Gasteiger charge is 2.16. The Morgan fingerprint density at radius 1 is 1.44 bits per heavy atom. The van der Waals surface area contributed by atoms with Gasteiger partial charge >= 0.3 is 0 Å². The van der Waals surface area contributed by atoms with E-state index in [9.17, 15) is 0 Å². The summed E-state index contributed by atoms with van der Waals surface area (Å²) in [6, 6.07) is 7.99. The summed E-state index contributed by atoms with van der Waals surface area (Å²) >= 11 is 3.37. The van der Waals surface area contributed by atoms with Crippen molar-refractivity contribution in [1.29, 1.82) is 5.26 Å². The summed E-state index contributed by atoms with van der Waals surface area (Å²) in [7, 11) is 0. The van der Waals surface area contributed by atoms with Crippen molar-refractivity contribution < 1.29 is 0 Å². The van der Waals surface area contributed by atoms with Crippen molar-refractivity contribution in [2.45, 2.75) is 25.7 Å². The molecule has 0 radical (unpaired) electrons. The predicted octanol–water partition coefficient (Wildman–Crippen LogP) is 3.92. The molecule has 16 heavy (non-hydrogen) atoms. The Labute approximate surface area is 105 Å². The van der Waals surface area contributed by atoms with Crippen LogP contribution in [0, 0.1) is 17.2 Å². The standard InChI is InChI=1S/C13H15BrN2/c14-12-4-5-13(11(8-12)9-15)16-7-6-10-2-1-3-10/h4-5,8,10,16H,1-3,6-7H2. The Morgan fingerprint density at radius 2 is 2.25 bits per heavy atom. The lowest BCUT2D eigenvalue weighted by atomic mass is 9.83. The lowest BCUT2D eigenvalue weighted by Gasteiger charge is -2.25. The van der Waals surface area contributed by atoms with Gasteiger partial charge in [0.05, 0.1) is 11.3 Å². The normalized spacial score (nSPS) is 15.2. The van der Waals surface area contributed by atoms with E-state index in [2.05, 4.69) is 27.3 Å². The van der Waals surface area contributed by atoms with E-state index in [4.69, 9.17) is 5.26 Å². The number of rotatable bonds is 4. The summed E-state index contributed by atoms with van der Waals surface area (Å²) in [5, 5.41) is 12.3. The second-order valence-electron chi connectivity index (χ2n) is 4.31. The lowest BCUT2D eigenvalue weighted by Crippen LogP contribution is -2.15. The third-order valence-electron chi connectivity index (χ3n) is 3.19. The van der Waals surface area contributed by atoms with Crippen LogP contribution >= 0.6 is 15.9 Å². The van der Waals surface area contributed by atoms with E-state index in [0.717, 1.165) is 22.6 Å². The number of halogens is 1. The molecule has 0 spiro atoms. The number of benzene rings is 1. The Balaban J connectivity index is 1.90. The number of hydrogen-bond donors (Lipinski definition) is 1. The molecule has 0 aliphatic heterocycles. The van der Waals surface area contributed by atoms with Crippen molar-refractivity contribution in [3.63, 3.8) is 0 Å². The molecule has 2 rings (SSSR count). The maximum absolute atomic E-state index is 9.00. The van der Waals surface area contributed by atoms with E-state index in [0.29, 0.717) is 5.56 Å². The fourth-order valence-electron chi connectivity index (χ4n) is 1.96. The molecule has 1 aliphatic rings. The summed E-state index contributed by atoms with van der Waals surface area (Å²) in [6.07, 6.45) is 5.38. The van der Waals surface area contributed by atoms with Crippen LogP contribution in [0.4, 0.5) is 5.69 Å². The molecule has 0 bridgehead atoms. The molecule has 0 saturated heterocycles. The summed E-state index contributed by atoms with van der Waals surface area (Å²) < 4.78 is 0.952. The first-order chi connectivity index (χ1) is 7.79. The third-order valence-corrected chi connectivity index (χ3v) is 3.69. The van der Waals surface area contributed by atoms with Crippen LogP contribution in [0.2, 0.25) is 0 Å². The van der Waals surface area contributed by atoms with Crippen LogP contribution in [0.3, 0.4) is 0 Å². The maximum Gasteiger partial charge on any atom is 0.101 e. The molecule has 2 nitrogen and oxygen atoms in total. The van der Waals surface area contributed by atoms with E-state index in [1.807, 2.05) is 18.2 Å². The average Bonchev–Trinajstić information content (AvgIpc) is 2.23. The third kappa shape index (κ3) is 2.76. The maximum atomic E-state index is 9.00. The van der Waals surface area contributed by atoms with Gasteiger partial charge in [-0.05, 0) is 30.5 Å². The molecule has 0 amide bonds. The van der Waals surface area contributed by atoms with Crippen molar-refractivity contribution >= 4 is 21.6 Å². The molecule has 1 saturated carbocycles. The smallest absolute Gasteiger partial charge is 0.101 e. The molecule has 0 aromatic heterocycles. The van der Waals surface area contributed by atoms with Gasteiger partial charge < -0.3 is 5.32 Å². The van der Waals surface area contributed by atoms with Gasteiger partial charge in [0.15, 0.2) is 0 Å². The zero-order chi connectivity index (χ0) is 11.4. The number of nitriles is 1. The first-order valence-corrected chi connectivity index (χ1v) is 6.52. The van der Waals surface area contributed by atoms with Gasteiger partial charge in [-0.25, -0.2) is 0 Å². The van der Waals surface area contributed by atoms with E-state index >= 15 is 0 Å². The van der Waals surface area contributed by atoms with Gasteiger partial charge in [-0.2, -0.15) is 5.26 Å². The van der Waals surface area contributed by atoms with Crippen LogP contribution in [0.5, 0.6) is 0 Å². The van der Waals surface area contributed by atoms with Crippen LogP contribution in [0.1, 0.15) is 31.2 Å². The summed E-state index contributed by atoms with van der Waals surface area (Å²) in [6.45, 7) is 0.973. The minimum absolute atomic E-state index is 0.711. The lowest BCUT2D eigenvalue weighted by molar-refractivity contribution is 0.303. The van der Waals surface area contributed by atoms with Gasteiger partial charge in [0, 0.05) is 11.0 Å². The van der Waals surface area contributed by atoms with Crippen molar-refractivity contribution in [2.75, 3.05) is 11.9 Å². The largest absolute Gasteiger partial charge is 0.384 e. The summed E-state index contributed by atoms with van der Waals surface area (Å²) in [5.41, 5.74) is 1.66. The molecule has 1 N–H and O–H groups in total. The molecule has 1 fully saturated rings. The molecule has 1 aromatic carbocycles. The highest BCUT2D eigenvalue weighted by molar-refractivity contribution is 9.10. The Morgan fingerprint density at radius 3 is 2.88 bits per heavy atom. The second kappa shape index (κ2) is 5.36. The molecule has 1 aromatic rings. The topological polar surface area (TPSA) is 35.8 Å². The number of hydrogen-bond acceptors (Lipinski definition) is 2. The van der Waals surface area contributed by atoms with E-state index in [-0.39, 0.29) is 0 Å². The minimum atomic E-state index is 0.711. The minimum Gasteiger partial charge on any atom is -0.384 e. The first kappa shape index (κ1) is 11.5. The van der Waals surface area contributed by atoms with E-state index in [1.54, 1.807) is 0 Å². The van der Waals surface area contributed by atoms with Gasteiger partial charge in [-0.1, -0.05) is 35.2 Å². The van der Waals surface area contributed by atoms with Crippen LogP contribution in [0.25, 0.3) is 0 Å². The highest BCUT2D eigenvalue weighted by atomic mass is 79.9. The van der Waals surface area contributed by atoms with Crippen LogP contribution in [-0.4, -0.2) is 6.54 Å². The monoisotopic (exact) mass is 278 g/mol. The van der Waals surface area contributed by atoms with E-state index < -0.39 is 0 Å². The average molecular weight is 279 g/mol. The van der Waals surface area contributed by atoms with E-state index in [1.165, 1.54) is 25.7 Å². The second-order valence-corrected chi connectivity index (χ2v) is 5.23. The Hall–Kier alpha value is -1.01. The van der Waals surface area contributed by atoms with Crippen LogP contribution in [-0.2, 0) is 0 Å². The van der Waals surface area contributed by atoms with Crippen molar-refractivity contribution in [3.8, 4) is 6.07 Å². The zero-order valence-electron chi connectivity index (χ0n) is 9.17. The first-order valence-electron chi connectivity index (χ1n) is 5.73. The quantitative estimate of drug-likeness (QED) is 0.906. The molecule has 0 unspecified atom stereocenters. The van der Waals surface area contributed by atoms with Crippen LogP contribution in [0.15, 0.2) is 22.7 Å². The van der Waals surface area contributed by atoms with Crippen molar-refractivity contribution in [3.05, 3.63) is 28.2 Å². The van der Waals surface area contributed by atoms with Crippen molar-refractivity contribution in [2.24, 2.45) is 5.92 Å². The van der Waals surface area contributed by atoms with Crippen LogP contribution < -0.4 is 5.32 Å². The predicted molar refractivity (Wildman–Crippen MR) is 69.3 cm³/mol. The van der Waals surface area contributed by atoms with Gasteiger partial charge in [-0.3, -0.25) is 0 Å².